The van der Waals surface area contributed by atoms with Gasteiger partial charge < -0.3 is 14.8 Å². The van der Waals surface area contributed by atoms with Crippen LogP contribution in [-0.2, 0) is 11.3 Å². The fourth-order valence-corrected chi connectivity index (χ4v) is 4.56. The second kappa shape index (κ2) is 11.3. The summed E-state index contributed by atoms with van der Waals surface area (Å²) in [5.41, 5.74) is 4.56. The number of nitrogens with zero attached hydrogens (tertiary/aromatic N) is 2. The van der Waals surface area contributed by atoms with Gasteiger partial charge in [0.15, 0.2) is 0 Å². The Hall–Kier alpha value is -3.54. The molecule has 1 aromatic heterocycles. The molecule has 1 aliphatic heterocycles. The average Bonchev–Trinajstić information content (AvgIpc) is 2.92. The van der Waals surface area contributed by atoms with Crippen LogP contribution in [0.4, 0.5) is 0 Å². The first-order valence-electron chi connectivity index (χ1n) is 12.2. The number of nitrogens with one attached hydrogen (secondary N) is 1. The van der Waals surface area contributed by atoms with Crippen LogP contribution < -0.4 is 10.1 Å². The SMILES string of the molecule is CC(=Cc1ccccc1)COc1ncc(C2CCNCC2OCc2ccc3ccccc3c2)cn1. The topological polar surface area (TPSA) is 56.3 Å². The van der Waals surface area contributed by atoms with Crippen molar-refractivity contribution in [3.63, 3.8) is 0 Å². The molecular weight excluding hydrogens is 434 g/mol. The van der Waals surface area contributed by atoms with Gasteiger partial charge in [-0.05, 0) is 59.0 Å². The third-order valence-corrected chi connectivity index (χ3v) is 6.42. The van der Waals surface area contributed by atoms with Crippen LogP contribution in [0.1, 0.15) is 36.0 Å². The molecular formula is C30H31N3O2. The van der Waals surface area contributed by atoms with E-state index in [1.54, 1.807) is 0 Å². The Labute approximate surface area is 206 Å². The number of aromatic nitrogens is 2. The highest BCUT2D eigenvalue weighted by Crippen LogP contribution is 2.28. The van der Waals surface area contributed by atoms with Gasteiger partial charge in [0.05, 0.1) is 12.7 Å². The Kier molecular flexibility index (Phi) is 7.47. The van der Waals surface area contributed by atoms with Crippen LogP contribution in [-0.4, -0.2) is 35.8 Å². The lowest BCUT2D eigenvalue weighted by Gasteiger charge is -2.32. The quantitative estimate of drug-likeness (QED) is 0.358. The summed E-state index contributed by atoms with van der Waals surface area (Å²) in [5, 5.41) is 5.96. The van der Waals surface area contributed by atoms with Crippen LogP contribution in [0.5, 0.6) is 6.01 Å². The van der Waals surface area contributed by atoms with Gasteiger partial charge in [0.2, 0.25) is 0 Å². The van der Waals surface area contributed by atoms with Crippen LogP contribution in [0.15, 0.2) is 90.8 Å². The first kappa shape index (κ1) is 23.2. The van der Waals surface area contributed by atoms with Crippen molar-refractivity contribution in [3.05, 3.63) is 107 Å². The van der Waals surface area contributed by atoms with Crippen molar-refractivity contribution in [1.82, 2.24) is 15.3 Å². The average molecular weight is 466 g/mol. The molecule has 1 N–H and O–H groups in total. The van der Waals surface area contributed by atoms with E-state index in [1.165, 1.54) is 16.3 Å². The molecule has 3 aromatic carbocycles. The van der Waals surface area contributed by atoms with Crippen LogP contribution in [0, 0.1) is 0 Å². The van der Waals surface area contributed by atoms with Crippen LogP contribution in [0.2, 0.25) is 0 Å². The monoisotopic (exact) mass is 465 g/mol. The van der Waals surface area contributed by atoms with Gasteiger partial charge in [-0.15, -0.1) is 0 Å². The Morgan fingerprint density at radius 1 is 0.971 bits per heavy atom. The second-order valence-electron chi connectivity index (χ2n) is 9.12. The Bertz CT molecular complexity index is 1270. The molecule has 2 heterocycles. The molecule has 1 aliphatic rings. The number of fused-ring (bicyclic) bond motifs is 1. The maximum Gasteiger partial charge on any atom is 0.316 e. The van der Waals surface area contributed by atoms with Crippen molar-refractivity contribution in [3.8, 4) is 6.01 Å². The van der Waals surface area contributed by atoms with Crippen molar-refractivity contribution < 1.29 is 9.47 Å². The lowest BCUT2D eigenvalue weighted by molar-refractivity contribution is 0.0105. The molecule has 0 bridgehead atoms. The summed E-state index contributed by atoms with van der Waals surface area (Å²) in [6, 6.07) is 25.6. The van der Waals surface area contributed by atoms with Gasteiger partial charge in [0, 0.05) is 24.9 Å². The van der Waals surface area contributed by atoms with Gasteiger partial charge in [-0.2, -0.15) is 0 Å². The van der Waals surface area contributed by atoms with Gasteiger partial charge >= 0.3 is 6.01 Å². The maximum absolute atomic E-state index is 6.39. The van der Waals surface area contributed by atoms with Crippen molar-refractivity contribution in [2.75, 3.05) is 19.7 Å². The standard InChI is InChI=1S/C30H31N3O2/c1-22(15-23-7-3-2-4-8-23)20-35-30-32-17-27(18-33-30)28-13-14-31-19-29(28)34-21-24-11-12-25-9-5-6-10-26(25)16-24/h2-12,15-18,28-29,31H,13-14,19-21H2,1H3. The summed E-state index contributed by atoms with van der Waals surface area (Å²) in [6.45, 7) is 4.87. The summed E-state index contributed by atoms with van der Waals surface area (Å²) < 4.78 is 12.2. The van der Waals surface area contributed by atoms with Gasteiger partial charge in [0.1, 0.15) is 6.61 Å². The van der Waals surface area contributed by atoms with E-state index in [1.807, 2.05) is 37.5 Å². The molecule has 2 unspecified atom stereocenters. The second-order valence-corrected chi connectivity index (χ2v) is 9.12. The van der Waals surface area contributed by atoms with Crippen molar-refractivity contribution >= 4 is 16.8 Å². The van der Waals surface area contributed by atoms with Crippen LogP contribution in [0.25, 0.3) is 16.8 Å². The van der Waals surface area contributed by atoms with Gasteiger partial charge in [0.25, 0.3) is 0 Å². The highest BCUT2D eigenvalue weighted by Gasteiger charge is 2.28. The minimum atomic E-state index is 0.0710. The molecule has 0 aliphatic carbocycles. The van der Waals surface area contributed by atoms with E-state index in [0.29, 0.717) is 19.2 Å². The number of hydrogen-bond donors (Lipinski definition) is 1. The fraction of sp³-hybridized carbons (Fsp3) is 0.267. The minimum absolute atomic E-state index is 0.0710. The predicted molar refractivity (Wildman–Crippen MR) is 140 cm³/mol. The summed E-state index contributed by atoms with van der Waals surface area (Å²) >= 11 is 0. The number of rotatable bonds is 8. The van der Waals surface area contributed by atoms with Gasteiger partial charge in [-0.25, -0.2) is 9.97 Å². The number of hydrogen-bond acceptors (Lipinski definition) is 5. The molecule has 4 aromatic rings. The number of benzene rings is 3. The number of ether oxygens (including phenoxy) is 2. The van der Waals surface area contributed by atoms with Crippen LogP contribution in [0.3, 0.4) is 0 Å². The number of piperidine rings is 1. The Balaban J connectivity index is 1.19. The third-order valence-electron chi connectivity index (χ3n) is 6.42. The zero-order chi connectivity index (χ0) is 23.9. The lowest BCUT2D eigenvalue weighted by Crippen LogP contribution is -2.41. The molecule has 0 amide bonds. The maximum atomic E-state index is 6.39. The Morgan fingerprint density at radius 2 is 1.74 bits per heavy atom. The van der Waals surface area contributed by atoms with E-state index >= 15 is 0 Å². The zero-order valence-corrected chi connectivity index (χ0v) is 20.1. The summed E-state index contributed by atoms with van der Waals surface area (Å²) in [6.07, 6.45) is 6.95. The van der Waals surface area contributed by atoms with Gasteiger partial charge in [-0.3, -0.25) is 0 Å². The molecule has 35 heavy (non-hydrogen) atoms. The predicted octanol–water partition coefficient (Wildman–Crippen LogP) is 5.77. The molecule has 5 heteroatoms. The molecule has 0 radical (unpaired) electrons. The molecule has 0 saturated carbocycles. The summed E-state index contributed by atoms with van der Waals surface area (Å²) in [7, 11) is 0. The van der Waals surface area contributed by atoms with E-state index in [4.69, 9.17) is 9.47 Å². The third kappa shape index (κ3) is 6.13. The zero-order valence-electron chi connectivity index (χ0n) is 20.1. The highest BCUT2D eigenvalue weighted by molar-refractivity contribution is 5.82. The van der Waals surface area contributed by atoms with E-state index in [-0.39, 0.29) is 12.0 Å². The first-order valence-corrected chi connectivity index (χ1v) is 12.2. The van der Waals surface area contributed by atoms with E-state index in [0.717, 1.165) is 36.2 Å². The first-order chi connectivity index (χ1) is 17.2. The Morgan fingerprint density at radius 3 is 2.57 bits per heavy atom. The normalized spacial score (nSPS) is 18.5. The van der Waals surface area contributed by atoms with E-state index in [2.05, 4.69) is 76.0 Å². The summed E-state index contributed by atoms with van der Waals surface area (Å²) in [4.78, 5) is 8.97. The molecule has 1 saturated heterocycles. The molecule has 178 valence electrons. The highest BCUT2D eigenvalue weighted by atomic mass is 16.5. The summed E-state index contributed by atoms with van der Waals surface area (Å²) in [5.74, 6) is 0.255. The molecule has 1 fully saturated rings. The van der Waals surface area contributed by atoms with E-state index in [9.17, 15) is 0 Å². The van der Waals surface area contributed by atoms with Gasteiger partial charge in [-0.1, -0.05) is 72.8 Å². The van der Waals surface area contributed by atoms with Crippen molar-refractivity contribution in [2.24, 2.45) is 0 Å². The smallest absolute Gasteiger partial charge is 0.316 e. The van der Waals surface area contributed by atoms with Crippen molar-refractivity contribution in [2.45, 2.75) is 32.0 Å². The van der Waals surface area contributed by atoms with Crippen LogP contribution >= 0.6 is 0 Å². The molecule has 5 nitrogen and oxygen atoms in total. The van der Waals surface area contributed by atoms with Crippen molar-refractivity contribution in [1.29, 1.82) is 0 Å². The van der Waals surface area contributed by atoms with E-state index < -0.39 is 0 Å². The molecule has 5 rings (SSSR count). The fourth-order valence-electron chi connectivity index (χ4n) is 4.56. The molecule has 2 atom stereocenters. The molecule has 0 spiro atoms. The minimum Gasteiger partial charge on any atom is -0.459 e. The lowest BCUT2D eigenvalue weighted by atomic mass is 9.89. The largest absolute Gasteiger partial charge is 0.459 e.